The molecule has 2 heteroatoms. The summed E-state index contributed by atoms with van der Waals surface area (Å²) in [6, 6.07) is 58.9. The summed E-state index contributed by atoms with van der Waals surface area (Å²) in [5, 5.41) is 8.42. The van der Waals surface area contributed by atoms with Crippen LogP contribution in [0, 0.1) is 6.07 Å². The van der Waals surface area contributed by atoms with Crippen molar-refractivity contribution in [3.63, 3.8) is 0 Å². The number of hydrogen-bond acceptors (Lipinski definition) is 0. The molecule has 8 aromatic carbocycles. The molecular formula is C56H57SiZr. The minimum absolute atomic E-state index is 0. The number of fused-ring (bicyclic) bond motifs is 5. The van der Waals surface area contributed by atoms with Crippen LogP contribution in [0.25, 0.3) is 54.9 Å². The Morgan fingerprint density at radius 1 is 0.448 bits per heavy atom. The first kappa shape index (κ1) is 43.2. The van der Waals surface area contributed by atoms with Crippen molar-refractivity contribution in [2.24, 2.45) is 0 Å². The van der Waals surface area contributed by atoms with Crippen LogP contribution >= 0.6 is 0 Å². The van der Waals surface area contributed by atoms with Gasteiger partial charge in [0.05, 0.1) is 9.52 Å². The van der Waals surface area contributed by atoms with Crippen LogP contribution in [0.15, 0.2) is 152 Å². The predicted octanol–water partition coefficient (Wildman–Crippen LogP) is 14.2. The van der Waals surface area contributed by atoms with Crippen molar-refractivity contribution in [2.45, 2.75) is 91.9 Å². The van der Waals surface area contributed by atoms with Crippen molar-refractivity contribution in [1.29, 1.82) is 0 Å². The molecule has 0 atom stereocenters. The molecule has 289 valence electrons. The predicted molar refractivity (Wildman–Crippen MR) is 251 cm³/mol. The van der Waals surface area contributed by atoms with E-state index >= 15 is 0 Å². The van der Waals surface area contributed by atoms with Crippen molar-refractivity contribution in [2.75, 3.05) is 0 Å². The Bertz CT molecular complexity index is 2340. The van der Waals surface area contributed by atoms with Gasteiger partial charge in [0.15, 0.2) is 0 Å². The summed E-state index contributed by atoms with van der Waals surface area (Å²) in [6.45, 7) is 9.02. The molecule has 58 heavy (non-hydrogen) atoms. The zero-order valence-electron chi connectivity index (χ0n) is 35.0. The first-order valence-electron chi connectivity index (χ1n) is 21.5. The molecule has 0 unspecified atom stereocenters. The van der Waals surface area contributed by atoms with Gasteiger partial charge in [-0.05, 0) is 47.9 Å². The first-order chi connectivity index (χ1) is 28.1. The molecule has 9 rings (SSSR count). The Balaban J connectivity index is 0.000000150. The molecule has 8 aromatic rings. The molecule has 0 N–H and O–H groups in total. The first-order valence-corrected chi connectivity index (χ1v) is 22.5. The number of aryl methyl sites for hydroxylation is 4. The van der Waals surface area contributed by atoms with Crippen LogP contribution in [0.2, 0.25) is 0 Å². The van der Waals surface area contributed by atoms with E-state index in [1.165, 1.54) is 139 Å². The number of hydrogen-bond donors (Lipinski definition) is 0. The Morgan fingerprint density at radius 3 is 1.43 bits per heavy atom. The van der Waals surface area contributed by atoms with E-state index in [9.17, 15) is 0 Å². The van der Waals surface area contributed by atoms with Gasteiger partial charge in [-0.2, -0.15) is 41.6 Å². The summed E-state index contributed by atoms with van der Waals surface area (Å²) < 4.78 is 0. The fraction of sp³-hybridized carbons (Fsp3) is 0.250. The molecule has 0 aliphatic carbocycles. The van der Waals surface area contributed by atoms with E-state index < -0.39 is 0 Å². The van der Waals surface area contributed by atoms with E-state index in [4.69, 9.17) is 0 Å². The van der Waals surface area contributed by atoms with Gasteiger partial charge in [0, 0.05) is 0 Å². The van der Waals surface area contributed by atoms with E-state index in [1.54, 1.807) is 0 Å². The molecule has 0 saturated carbocycles. The Hall–Kier alpha value is -4.36. The van der Waals surface area contributed by atoms with E-state index in [1.807, 2.05) is 6.07 Å². The van der Waals surface area contributed by atoms with Crippen molar-refractivity contribution in [3.05, 3.63) is 180 Å². The summed E-state index contributed by atoms with van der Waals surface area (Å²) in [7, 11) is 0.795. The van der Waals surface area contributed by atoms with E-state index in [0.29, 0.717) is 0 Å². The molecule has 1 aliphatic rings. The largest absolute Gasteiger partial charge is 3.00 e. The monoisotopic (exact) mass is 847 g/mol. The van der Waals surface area contributed by atoms with Gasteiger partial charge < -0.3 is 0 Å². The summed E-state index contributed by atoms with van der Waals surface area (Å²) in [5.74, 6) is 0. The summed E-state index contributed by atoms with van der Waals surface area (Å²) in [6.07, 6.45) is 12.1. The van der Waals surface area contributed by atoms with Crippen LogP contribution in [-0.2, 0) is 51.9 Å². The molecule has 0 fully saturated rings. The van der Waals surface area contributed by atoms with Gasteiger partial charge in [-0.3, -0.25) is 0 Å². The number of rotatable bonds is 12. The Labute approximate surface area is 370 Å². The Morgan fingerprint density at radius 2 is 0.914 bits per heavy atom. The molecule has 3 radical (unpaired) electrons. The van der Waals surface area contributed by atoms with Crippen LogP contribution in [0.5, 0.6) is 0 Å². The molecule has 1 aliphatic heterocycles. The average Bonchev–Trinajstić information content (AvgIpc) is 3.98. The van der Waals surface area contributed by atoms with Crippen LogP contribution in [0.3, 0.4) is 0 Å². The van der Waals surface area contributed by atoms with Gasteiger partial charge in [-0.1, -0.05) is 173 Å². The molecule has 1 heterocycles. The van der Waals surface area contributed by atoms with E-state index in [0.717, 1.165) is 22.4 Å². The SMILES string of the molecule is CCCCc1cc2c(-c3ccccc3CCC)cccc2[cH-]1.CCCCc1cc2c(-c3ccccc3CCC)cccc2[cH-]1.[Zr+3].[c-]1cccc2c1[Si]c1ccccc1-2. The van der Waals surface area contributed by atoms with Crippen molar-refractivity contribution in [1.82, 2.24) is 0 Å². The molecule has 0 spiro atoms. The summed E-state index contributed by atoms with van der Waals surface area (Å²) in [4.78, 5) is 0. The molecule has 0 amide bonds. The van der Waals surface area contributed by atoms with Gasteiger partial charge in [-0.15, -0.1) is 74.6 Å². The van der Waals surface area contributed by atoms with Gasteiger partial charge in [-0.25, -0.2) is 0 Å². The number of benzene rings is 6. The number of unbranched alkanes of at least 4 members (excludes halogenated alkanes) is 2. The van der Waals surface area contributed by atoms with Gasteiger partial charge in [0.2, 0.25) is 0 Å². The normalized spacial score (nSPS) is 11.2. The van der Waals surface area contributed by atoms with Gasteiger partial charge in [0.1, 0.15) is 0 Å². The van der Waals surface area contributed by atoms with Crippen LogP contribution in [-0.4, -0.2) is 9.52 Å². The second-order valence-electron chi connectivity index (χ2n) is 15.5. The van der Waals surface area contributed by atoms with Crippen molar-refractivity contribution >= 4 is 41.4 Å². The third-order valence-electron chi connectivity index (χ3n) is 11.2. The van der Waals surface area contributed by atoms with Gasteiger partial charge in [0.25, 0.3) is 0 Å². The smallest absolute Gasteiger partial charge is 0.184 e. The fourth-order valence-electron chi connectivity index (χ4n) is 8.38. The fourth-order valence-corrected chi connectivity index (χ4v) is 9.69. The maximum absolute atomic E-state index is 3.31. The van der Waals surface area contributed by atoms with Gasteiger partial charge >= 0.3 is 26.2 Å². The third kappa shape index (κ3) is 10.3. The van der Waals surface area contributed by atoms with Crippen LogP contribution in [0.4, 0.5) is 0 Å². The molecular weight excluding hydrogens is 792 g/mol. The maximum Gasteiger partial charge on any atom is 3.00 e. The second kappa shape index (κ2) is 21.6. The van der Waals surface area contributed by atoms with E-state index in [2.05, 4.69) is 179 Å². The standard InChI is InChI=1S/2C22H25.C12H7Si.Zr/c2*1-3-5-10-17-15-19-12-8-14-21(22(19)16-17)20-13-7-6-11-18(20)9-4-2;1-3-7-11-9(5-1)10-6-2-4-8-12(10)13-11;/h2*6-8,11-16H,3-5,9-10H2,1-2H3;1-7H;/q3*-1;+3. The van der Waals surface area contributed by atoms with Crippen LogP contribution < -0.4 is 10.4 Å². The summed E-state index contributed by atoms with van der Waals surface area (Å²) >= 11 is 0. The van der Waals surface area contributed by atoms with Crippen molar-refractivity contribution < 1.29 is 26.2 Å². The van der Waals surface area contributed by atoms with Crippen molar-refractivity contribution in [3.8, 4) is 33.4 Å². The second-order valence-corrected chi connectivity index (χ2v) is 16.8. The minimum Gasteiger partial charge on any atom is -0.184 e. The van der Waals surface area contributed by atoms with E-state index in [-0.39, 0.29) is 26.2 Å². The average molecular weight is 849 g/mol. The zero-order valence-corrected chi connectivity index (χ0v) is 38.5. The minimum atomic E-state index is 0. The zero-order chi connectivity index (χ0) is 39.4. The maximum atomic E-state index is 3.31. The molecule has 0 nitrogen and oxygen atoms in total. The molecule has 0 saturated heterocycles. The Kier molecular flexibility index (Phi) is 16.1. The third-order valence-corrected chi connectivity index (χ3v) is 12.6. The van der Waals surface area contributed by atoms with Crippen LogP contribution in [0.1, 0.15) is 88.5 Å². The molecule has 0 aromatic heterocycles. The quantitative estimate of drug-likeness (QED) is 0.0849. The topological polar surface area (TPSA) is 0 Å². The molecule has 0 bridgehead atoms. The summed E-state index contributed by atoms with van der Waals surface area (Å²) in [5.41, 5.74) is 14.3.